The first-order chi connectivity index (χ1) is 14.8. The van der Waals surface area contributed by atoms with Crippen LogP contribution in [0.25, 0.3) is 49.0 Å². The first-order valence-corrected chi connectivity index (χ1v) is 11.2. The summed E-state index contributed by atoms with van der Waals surface area (Å²) in [5.41, 5.74) is 10.8. The third-order valence-electron chi connectivity index (χ3n) is 7.07. The number of fused-ring (bicyclic) bond motifs is 6. The molecule has 154 valence electrons. The van der Waals surface area contributed by atoms with Gasteiger partial charge in [0.25, 0.3) is 0 Å². The van der Waals surface area contributed by atoms with Crippen molar-refractivity contribution in [3.63, 3.8) is 0 Å². The molecule has 0 atom stereocenters. The van der Waals surface area contributed by atoms with Crippen molar-refractivity contribution in [1.82, 2.24) is 9.38 Å². The smallest absolute Gasteiger partial charge is 0.0822 e. The Morgan fingerprint density at radius 3 is 2.39 bits per heavy atom. The number of aryl methyl sites for hydroxylation is 2. The summed E-state index contributed by atoms with van der Waals surface area (Å²) in [5, 5.41) is 6.59. The number of hydrogen-bond donors (Lipinski definition) is 0. The lowest BCUT2D eigenvalue weighted by Crippen LogP contribution is -2.09. The van der Waals surface area contributed by atoms with E-state index in [0.29, 0.717) is 0 Å². The lowest BCUT2D eigenvalue weighted by atomic mass is 9.85. The highest BCUT2D eigenvalue weighted by molar-refractivity contribution is 6.28. The van der Waals surface area contributed by atoms with E-state index in [0.717, 1.165) is 11.9 Å². The Bertz CT molecular complexity index is 1660. The molecule has 0 aliphatic rings. The molecule has 0 saturated carbocycles. The fraction of sp³-hybridized carbons (Fsp3) is 0.276. The summed E-state index contributed by atoms with van der Waals surface area (Å²) in [6, 6.07) is 15.9. The first kappa shape index (κ1) is 18.6. The largest absolute Gasteiger partial charge is 0.308 e. The molecule has 6 aromatic rings. The molecular weight excluding hydrogens is 376 g/mol. The quantitative estimate of drug-likeness (QED) is 0.201. The van der Waals surface area contributed by atoms with E-state index in [1.807, 2.05) is 6.20 Å². The summed E-state index contributed by atoms with van der Waals surface area (Å²) in [4.78, 5) is 4.93. The van der Waals surface area contributed by atoms with Crippen molar-refractivity contribution < 1.29 is 0 Å². The predicted octanol–water partition coefficient (Wildman–Crippen LogP) is 7.90. The highest BCUT2D eigenvalue weighted by Crippen LogP contribution is 2.44. The third-order valence-corrected chi connectivity index (χ3v) is 7.07. The topological polar surface area (TPSA) is 17.3 Å². The van der Waals surface area contributed by atoms with Crippen molar-refractivity contribution in [2.75, 3.05) is 0 Å². The first-order valence-electron chi connectivity index (χ1n) is 11.2. The Labute approximate surface area is 182 Å². The molecule has 3 aromatic carbocycles. The fourth-order valence-electron chi connectivity index (χ4n) is 5.59. The molecule has 0 aliphatic heterocycles. The summed E-state index contributed by atoms with van der Waals surface area (Å²) in [5.74, 6) is 0. The van der Waals surface area contributed by atoms with Gasteiger partial charge in [-0.3, -0.25) is 4.98 Å². The molecule has 2 nitrogen and oxygen atoms in total. The fourth-order valence-corrected chi connectivity index (χ4v) is 5.59. The summed E-state index contributed by atoms with van der Waals surface area (Å²) in [6.45, 7) is 13.7. The van der Waals surface area contributed by atoms with Crippen LogP contribution >= 0.6 is 0 Å². The number of rotatable bonds is 1. The van der Waals surface area contributed by atoms with Gasteiger partial charge in [0.15, 0.2) is 0 Å². The van der Waals surface area contributed by atoms with Crippen LogP contribution in [0.1, 0.15) is 43.0 Å². The Balaban J connectivity index is 2.02. The zero-order valence-corrected chi connectivity index (χ0v) is 19.2. The van der Waals surface area contributed by atoms with Crippen LogP contribution in [0.4, 0.5) is 0 Å². The lowest BCUT2D eigenvalue weighted by molar-refractivity contribution is 0.413. The number of aromatic nitrogens is 2. The molecule has 3 aromatic heterocycles. The van der Waals surface area contributed by atoms with Crippen molar-refractivity contribution in [3.05, 3.63) is 70.9 Å². The SMILES string of the molecule is Cc1cc2c3nccc4cc(CC(C)(C)C)c5c6ccccc6n(c2c(C)c1C)c5c43. The Morgan fingerprint density at radius 1 is 0.839 bits per heavy atom. The Kier molecular flexibility index (Phi) is 3.59. The van der Waals surface area contributed by atoms with E-state index >= 15 is 0 Å². The molecule has 0 N–H and O–H groups in total. The molecule has 0 amide bonds. The molecule has 0 radical (unpaired) electrons. The van der Waals surface area contributed by atoms with Crippen LogP contribution in [0.15, 0.2) is 48.7 Å². The van der Waals surface area contributed by atoms with E-state index in [1.54, 1.807) is 0 Å². The molecule has 6 rings (SSSR count). The van der Waals surface area contributed by atoms with Gasteiger partial charge in [-0.05, 0) is 78.4 Å². The maximum absolute atomic E-state index is 4.93. The monoisotopic (exact) mass is 404 g/mol. The van der Waals surface area contributed by atoms with Crippen LogP contribution in [0.5, 0.6) is 0 Å². The molecule has 0 bridgehead atoms. The van der Waals surface area contributed by atoms with Crippen LogP contribution in [0, 0.1) is 26.2 Å². The third kappa shape index (κ3) is 2.42. The van der Waals surface area contributed by atoms with Gasteiger partial charge >= 0.3 is 0 Å². The van der Waals surface area contributed by atoms with Gasteiger partial charge in [0.05, 0.1) is 22.1 Å². The van der Waals surface area contributed by atoms with Crippen LogP contribution in [0.2, 0.25) is 0 Å². The Hall–Kier alpha value is -3.13. The zero-order chi connectivity index (χ0) is 21.7. The van der Waals surface area contributed by atoms with Gasteiger partial charge in [0.1, 0.15) is 0 Å². The van der Waals surface area contributed by atoms with Crippen LogP contribution < -0.4 is 0 Å². The number of pyridine rings is 2. The van der Waals surface area contributed by atoms with E-state index in [2.05, 4.69) is 88.4 Å². The number of hydrogen-bond acceptors (Lipinski definition) is 1. The standard InChI is InChI=1S/C29H28N2/c1-16-13-22-26-25-19(11-12-30-26)14-20(15-29(4,5)6)24-21-9-7-8-10-23(21)31(28(24)25)27(22)18(3)17(16)2/h7-14H,15H2,1-6H3. The van der Waals surface area contributed by atoms with E-state index in [9.17, 15) is 0 Å². The van der Waals surface area contributed by atoms with Crippen LogP contribution in [-0.4, -0.2) is 9.38 Å². The number of benzene rings is 3. The minimum absolute atomic E-state index is 0.214. The highest BCUT2D eigenvalue weighted by Gasteiger charge is 2.24. The minimum Gasteiger partial charge on any atom is -0.308 e. The number of nitrogens with zero attached hydrogens (tertiary/aromatic N) is 2. The lowest BCUT2D eigenvalue weighted by Gasteiger charge is -2.21. The van der Waals surface area contributed by atoms with Gasteiger partial charge in [0, 0.05) is 27.7 Å². The molecule has 0 saturated heterocycles. The van der Waals surface area contributed by atoms with Gasteiger partial charge < -0.3 is 4.40 Å². The van der Waals surface area contributed by atoms with Crippen molar-refractivity contribution in [3.8, 4) is 0 Å². The van der Waals surface area contributed by atoms with Crippen LogP contribution in [-0.2, 0) is 6.42 Å². The van der Waals surface area contributed by atoms with Gasteiger partial charge in [0.2, 0.25) is 0 Å². The van der Waals surface area contributed by atoms with Gasteiger partial charge in [-0.25, -0.2) is 0 Å². The Morgan fingerprint density at radius 2 is 1.61 bits per heavy atom. The van der Waals surface area contributed by atoms with Crippen molar-refractivity contribution >= 4 is 49.0 Å². The van der Waals surface area contributed by atoms with E-state index in [4.69, 9.17) is 4.98 Å². The highest BCUT2D eigenvalue weighted by atomic mass is 14.9. The predicted molar refractivity (Wildman–Crippen MR) is 134 cm³/mol. The molecular formula is C29H28N2. The van der Waals surface area contributed by atoms with Gasteiger partial charge in [-0.1, -0.05) is 45.0 Å². The molecule has 0 fully saturated rings. The van der Waals surface area contributed by atoms with Gasteiger partial charge in [-0.15, -0.1) is 0 Å². The molecule has 0 spiro atoms. The van der Waals surface area contributed by atoms with Crippen LogP contribution in [0.3, 0.4) is 0 Å². The van der Waals surface area contributed by atoms with Crippen molar-refractivity contribution in [2.45, 2.75) is 48.0 Å². The molecule has 2 heteroatoms. The van der Waals surface area contributed by atoms with E-state index in [-0.39, 0.29) is 5.41 Å². The molecule has 0 aliphatic carbocycles. The average molecular weight is 405 g/mol. The average Bonchev–Trinajstić information content (AvgIpc) is 3.06. The summed E-state index contributed by atoms with van der Waals surface area (Å²) < 4.78 is 2.53. The maximum atomic E-state index is 4.93. The summed E-state index contributed by atoms with van der Waals surface area (Å²) in [6.07, 6.45) is 3.03. The number of para-hydroxylation sites is 1. The second kappa shape index (κ2) is 5.97. The summed E-state index contributed by atoms with van der Waals surface area (Å²) in [7, 11) is 0. The second-order valence-corrected chi connectivity index (χ2v) is 10.4. The zero-order valence-electron chi connectivity index (χ0n) is 19.2. The second-order valence-electron chi connectivity index (χ2n) is 10.4. The van der Waals surface area contributed by atoms with Crippen molar-refractivity contribution in [1.29, 1.82) is 0 Å². The summed E-state index contributed by atoms with van der Waals surface area (Å²) >= 11 is 0. The van der Waals surface area contributed by atoms with E-state index in [1.165, 1.54) is 65.7 Å². The maximum Gasteiger partial charge on any atom is 0.0822 e. The van der Waals surface area contributed by atoms with E-state index < -0.39 is 0 Å². The van der Waals surface area contributed by atoms with Crippen molar-refractivity contribution in [2.24, 2.45) is 5.41 Å². The molecule has 0 unspecified atom stereocenters. The minimum atomic E-state index is 0.214. The molecule has 3 heterocycles. The molecule has 31 heavy (non-hydrogen) atoms. The normalized spacial score (nSPS) is 13.0. The van der Waals surface area contributed by atoms with Gasteiger partial charge in [-0.2, -0.15) is 0 Å².